The second-order valence-electron chi connectivity index (χ2n) is 7.84. The molecule has 0 saturated heterocycles. The van der Waals surface area contributed by atoms with E-state index >= 15 is 0 Å². The Bertz CT molecular complexity index is 1340. The van der Waals surface area contributed by atoms with Crippen molar-refractivity contribution in [2.24, 2.45) is 7.05 Å². The Labute approximate surface area is 205 Å². The molecule has 1 amide bonds. The standard InChI is InChI=1S/C22H20F7N3O4S/c1-12(13-7-9-14(10-8-13)22(34)35-3)30-20(33)17-18(19(23)24)31-32(2)21(17)36-15-5-4-6-16(11-15)37(25,26,27,28)29/h4-12,19H,1-3H3,(H,30,33). The van der Waals surface area contributed by atoms with Crippen LogP contribution in [0.25, 0.3) is 0 Å². The van der Waals surface area contributed by atoms with Gasteiger partial charge in [-0.1, -0.05) is 37.6 Å². The third-order valence-electron chi connectivity index (χ3n) is 5.10. The summed E-state index contributed by atoms with van der Waals surface area (Å²) in [6.07, 6.45) is -3.28. The van der Waals surface area contributed by atoms with Crippen molar-refractivity contribution in [3.63, 3.8) is 0 Å². The number of nitrogens with one attached hydrogen (secondary N) is 1. The molecule has 37 heavy (non-hydrogen) atoms. The van der Waals surface area contributed by atoms with Crippen LogP contribution in [0.4, 0.5) is 28.2 Å². The Hall–Kier alpha value is -3.75. The van der Waals surface area contributed by atoms with Crippen LogP contribution in [0.15, 0.2) is 53.4 Å². The lowest BCUT2D eigenvalue weighted by Gasteiger charge is -2.40. The molecule has 1 N–H and O–H groups in total. The van der Waals surface area contributed by atoms with Crippen LogP contribution in [0.1, 0.15) is 51.4 Å². The highest BCUT2D eigenvalue weighted by molar-refractivity contribution is 8.45. The molecular formula is C22H20F7N3O4S. The SMILES string of the molecule is COC(=O)c1ccc(C(C)NC(=O)c2c(C(F)F)nn(C)c2Oc2cccc(S(F)(F)(F)(F)F)c2)cc1. The monoisotopic (exact) mass is 555 g/mol. The molecule has 0 fully saturated rings. The minimum atomic E-state index is -10.1. The molecule has 1 aromatic heterocycles. The molecule has 1 atom stereocenters. The van der Waals surface area contributed by atoms with Crippen LogP contribution in [0.2, 0.25) is 0 Å². The lowest BCUT2D eigenvalue weighted by atomic mass is 10.1. The molecule has 3 aromatic rings. The maximum absolute atomic E-state index is 13.7. The Morgan fingerprint density at radius 1 is 1.03 bits per heavy atom. The van der Waals surface area contributed by atoms with Gasteiger partial charge in [0, 0.05) is 13.1 Å². The van der Waals surface area contributed by atoms with Crippen molar-refractivity contribution >= 4 is 22.1 Å². The largest absolute Gasteiger partial charge is 0.465 e. The van der Waals surface area contributed by atoms with E-state index in [0.717, 1.165) is 13.1 Å². The topological polar surface area (TPSA) is 82.5 Å². The van der Waals surface area contributed by atoms with Gasteiger partial charge in [0.15, 0.2) is 0 Å². The van der Waals surface area contributed by atoms with Crippen LogP contribution in [-0.4, -0.2) is 28.8 Å². The third kappa shape index (κ3) is 6.34. The zero-order valence-electron chi connectivity index (χ0n) is 19.4. The number of benzene rings is 2. The number of carbonyl (C=O) groups is 2. The quantitative estimate of drug-likeness (QED) is 0.237. The smallest absolute Gasteiger partial charge is 0.337 e. The number of esters is 1. The fourth-order valence-corrected chi connectivity index (χ4v) is 3.95. The first-order chi connectivity index (χ1) is 16.9. The Balaban J connectivity index is 1.95. The normalized spacial score (nSPS) is 14.5. The Morgan fingerprint density at radius 3 is 2.19 bits per heavy atom. The number of alkyl halides is 2. The van der Waals surface area contributed by atoms with Gasteiger partial charge < -0.3 is 14.8 Å². The van der Waals surface area contributed by atoms with Gasteiger partial charge in [-0.2, -0.15) is 5.10 Å². The number of carbonyl (C=O) groups excluding carboxylic acids is 2. The summed E-state index contributed by atoms with van der Waals surface area (Å²) in [6, 6.07) is 6.68. The van der Waals surface area contributed by atoms with Crippen LogP contribution < -0.4 is 10.1 Å². The molecule has 0 aliphatic heterocycles. The highest BCUT2D eigenvalue weighted by Crippen LogP contribution is 3.02. The zero-order valence-corrected chi connectivity index (χ0v) is 20.2. The predicted octanol–water partition coefficient (Wildman–Crippen LogP) is 7.09. The number of aromatic nitrogens is 2. The number of hydrogen-bond donors (Lipinski definition) is 1. The number of amides is 1. The summed E-state index contributed by atoms with van der Waals surface area (Å²) in [5.74, 6) is -3.20. The van der Waals surface area contributed by atoms with Crippen LogP contribution >= 0.6 is 10.2 Å². The molecule has 0 saturated carbocycles. The van der Waals surface area contributed by atoms with Gasteiger partial charge in [0.05, 0.1) is 18.7 Å². The summed E-state index contributed by atoms with van der Waals surface area (Å²) in [5.41, 5.74) is -1.14. The van der Waals surface area contributed by atoms with Gasteiger partial charge in [0.25, 0.3) is 12.3 Å². The van der Waals surface area contributed by atoms with Gasteiger partial charge in [0.1, 0.15) is 21.9 Å². The number of rotatable bonds is 8. The first-order valence-corrected chi connectivity index (χ1v) is 12.2. The van der Waals surface area contributed by atoms with Crippen molar-refractivity contribution < 1.29 is 47.3 Å². The summed E-state index contributed by atoms with van der Waals surface area (Å²) in [7, 11) is -7.79. The van der Waals surface area contributed by atoms with Crippen molar-refractivity contribution in [1.82, 2.24) is 15.1 Å². The fraction of sp³-hybridized carbons (Fsp3) is 0.227. The van der Waals surface area contributed by atoms with Gasteiger partial charge in [-0.05, 0) is 36.8 Å². The number of nitrogens with zero attached hydrogens (tertiary/aromatic N) is 2. The molecule has 0 aliphatic rings. The van der Waals surface area contributed by atoms with E-state index in [-0.39, 0.29) is 17.7 Å². The molecule has 0 radical (unpaired) electrons. The number of methoxy groups -OCH3 is 1. The molecule has 0 aliphatic carbocycles. The molecule has 2 aromatic carbocycles. The number of aryl methyl sites for hydroxylation is 1. The molecule has 0 bridgehead atoms. The average Bonchev–Trinajstić information content (AvgIpc) is 3.13. The van der Waals surface area contributed by atoms with E-state index in [1.807, 2.05) is 0 Å². The van der Waals surface area contributed by atoms with Crippen molar-refractivity contribution in [2.75, 3.05) is 7.11 Å². The van der Waals surface area contributed by atoms with E-state index in [1.165, 1.54) is 38.3 Å². The maximum atomic E-state index is 13.7. The third-order valence-corrected chi connectivity index (χ3v) is 6.25. The number of halogens is 7. The van der Waals surface area contributed by atoms with E-state index in [4.69, 9.17) is 4.74 Å². The molecule has 202 valence electrons. The molecule has 15 heteroatoms. The van der Waals surface area contributed by atoms with Crippen LogP contribution in [0, 0.1) is 0 Å². The summed E-state index contributed by atoms with van der Waals surface area (Å²) < 4.78 is 104. The van der Waals surface area contributed by atoms with Gasteiger partial charge in [-0.15, -0.1) is 0 Å². The number of hydrogen-bond acceptors (Lipinski definition) is 5. The first-order valence-electron chi connectivity index (χ1n) is 10.3. The summed E-state index contributed by atoms with van der Waals surface area (Å²) in [6.45, 7) is 1.50. The van der Waals surface area contributed by atoms with Crippen LogP contribution in [0.3, 0.4) is 0 Å². The first kappa shape index (κ1) is 27.8. The van der Waals surface area contributed by atoms with Crippen molar-refractivity contribution in [3.8, 4) is 11.6 Å². The lowest BCUT2D eigenvalue weighted by molar-refractivity contribution is 0.0600. The molecule has 0 spiro atoms. The van der Waals surface area contributed by atoms with Gasteiger partial charge in [-0.25, -0.2) is 18.3 Å². The van der Waals surface area contributed by atoms with Gasteiger partial charge in [0.2, 0.25) is 5.88 Å². The van der Waals surface area contributed by atoms with E-state index in [1.54, 1.807) is 0 Å². The molecule has 7 nitrogen and oxygen atoms in total. The summed E-state index contributed by atoms with van der Waals surface area (Å²) in [4.78, 5) is 22.3. The highest BCUT2D eigenvalue weighted by atomic mass is 32.5. The second-order valence-corrected chi connectivity index (χ2v) is 10.3. The van der Waals surface area contributed by atoms with Gasteiger partial charge >= 0.3 is 16.2 Å². The summed E-state index contributed by atoms with van der Waals surface area (Å²) in [5, 5.41) is 5.95. The average molecular weight is 555 g/mol. The minimum absolute atomic E-state index is 0.00374. The maximum Gasteiger partial charge on any atom is 0.337 e. The number of ether oxygens (including phenoxy) is 2. The van der Waals surface area contributed by atoms with E-state index in [2.05, 4.69) is 15.2 Å². The van der Waals surface area contributed by atoms with Crippen LogP contribution in [0.5, 0.6) is 11.6 Å². The van der Waals surface area contributed by atoms with E-state index < -0.39 is 62.4 Å². The van der Waals surface area contributed by atoms with Crippen LogP contribution in [-0.2, 0) is 11.8 Å². The minimum Gasteiger partial charge on any atom is -0.465 e. The molecule has 3 rings (SSSR count). The van der Waals surface area contributed by atoms with Crippen molar-refractivity contribution in [3.05, 3.63) is 70.9 Å². The molecule has 1 unspecified atom stereocenters. The fourth-order valence-electron chi connectivity index (χ4n) is 3.28. The lowest BCUT2D eigenvalue weighted by Crippen LogP contribution is -2.27. The predicted molar refractivity (Wildman–Crippen MR) is 120 cm³/mol. The zero-order chi connectivity index (χ0) is 27.8. The Kier molecular flexibility index (Phi) is 6.75. The molecule has 1 heterocycles. The van der Waals surface area contributed by atoms with Crippen molar-refractivity contribution in [2.45, 2.75) is 24.3 Å². The Morgan fingerprint density at radius 2 is 1.65 bits per heavy atom. The molecular weight excluding hydrogens is 535 g/mol. The van der Waals surface area contributed by atoms with E-state index in [9.17, 15) is 37.8 Å². The highest BCUT2D eigenvalue weighted by Gasteiger charge is 2.65. The summed E-state index contributed by atoms with van der Waals surface area (Å²) >= 11 is 0. The van der Waals surface area contributed by atoms with E-state index in [0.29, 0.717) is 16.3 Å². The van der Waals surface area contributed by atoms with Gasteiger partial charge in [-0.3, -0.25) is 4.79 Å². The van der Waals surface area contributed by atoms with Crippen molar-refractivity contribution in [1.29, 1.82) is 0 Å². The second kappa shape index (κ2) is 8.97.